The fourth-order valence-corrected chi connectivity index (χ4v) is 4.77. The molecule has 4 heterocycles. The summed E-state index contributed by atoms with van der Waals surface area (Å²) in [5.41, 5.74) is 0.336. The summed E-state index contributed by atoms with van der Waals surface area (Å²) >= 11 is 1.06. The van der Waals surface area contributed by atoms with Crippen molar-refractivity contribution in [3.8, 4) is 5.88 Å². The molecule has 0 aliphatic carbocycles. The van der Waals surface area contributed by atoms with Crippen molar-refractivity contribution in [2.45, 2.75) is 38.1 Å². The van der Waals surface area contributed by atoms with Gasteiger partial charge in [-0.1, -0.05) is 0 Å². The van der Waals surface area contributed by atoms with Crippen LogP contribution in [-0.2, 0) is 12.6 Å². The van der Waals surface area contributed by atoms with Gasteiger partial charge in [0.15, 0.2) is 5.69 Å². The van der Waals surface area contributed by atoms with Gasteiger partial charge in [0, 0.05) is 36.7 Å². The summed E-state index contributed by atoms with van der Waals surface area (Å²) in [7, 11) is 0. The van der Waals surface area contributed by atoms with Gasteiger partial charge in [0.05, 0.1) is 41.1 Å². The monoisotopic (exact) mass is 542 g/mol. The number of hydrogen-bond donors (Lipinski definition) is 1. The van der Waals surface area contributed by atoms with E-state index in [0.29, 0.717) is 53.4 Å². The molecule has 1 aliphatic heterocycles. The Kier molecular flexibility index (Phi) is 8.27. The number of amides is 1. The van der Waals surface area contributed by atoms with E-state index < -0.39 is 37.2 Å². The number of carbonyl (C=O) groups excluding carboxylic acids is 1. The number of nitrogens with zero attached hydrogens (tertiary/aromatic N) is 5. The highest BCUT2D eigenvalue weighted by molar-refractivity contribution is 7.06. The molecule has 1 fully saturated rings. The van der Waals surface area contributed by atoms with E-state index >= 15 is 0 Å². The van der Waals surface area contributed by atoms with Crippen molar-refractivity contribution in [1.29, 1.82) is 0 Å². The summed E-state index contributed by atoms with van der Waals surface area (Å²) in [6.45, 7) is 1.08. The van der Waals surface area contributed by atoms with Crippen molar-refractivity contribution in [2.24, 2.45) is 0 Å². The molecular weight excluding hydrogens is 519 g/mol. The molecule has 0 radical (unpaired) electrons. The van der Waals surface area contributed by atoms with Gasteiger partial charge in [0.25, 0.3) is 5.91 Å². The number of alkyl halides is 5. The summed E-state index contributed by atoms with van der Waals surface area (Å²) in [6, 6.07) is 2.43. The first-order valence-corrected chi connectivity index (χ1v) is 12.1. The zero-order valence-electron chi connectivity index (χ0n) is 19.6. The summed E-state index contributed by atoms with van der Waals surface area (Å²) in [6.07, 6.45) is -1.02. The molecule has 4 rings (SSSR count). The van der Waals surface area contributed by atoms with E-state index in [4.69, 9.17) is 4.74 Å². The van der Waals surface area contributed by atoms with E-state index in [1.54, 1.807) is 24.0 Å². The van der Waals surface area contributed by atoms with Gasteiger partial charge in [0.2, 0.25) is 5.88 Å². The van der Waals surface area contributed by atoms with Crippen LogP contribution in [0.5, 0.6) is 5.88 Å². The summed E-state index contributed by atoms with van der Waals surface area (Å²) in [5, 5.41) is 2.73. The molecular formula is C23H23F5N6O2S. The molecule has 14 heteroatoms. The molecule has 0 saturated carbocycles. The zero-order valence-corrected chi connectivity index (χ0v) is 20.5. The molecule has 198 valence electrons. The van der Waals surface area contributed by atoms with Crippen LogP contribution in [0.1, 0.15) is 38.7 Å². The number of rotatable bonds is 9. The summed E-state index contributed by atoms with van der Waals surface area (Å²) in [4.78, 5) is 26.6. The predicted molar refractivity (Wildman–Crippen MR) is 125 cm³/mol. The Morgan fingerprint density at radius 2 is 1.97 bits per heavy atom. The lowest BCUT2D eigenvalue weighted by molar-refractivity contribution is -0.141. The molecule has 1 saturated heterocycles. The van der Waals surface area contributed by atoms with Crippen molar-refractivity contribution in [1.82, 2.24) is 24.2 Å². The number of hydrogen-bond acceptors (Lipinski definition) is 8. The lowest BCUT2D eigenvalue weighted by Crippen LogP contribution is -2.38. The third-order valence-electron chi connectivity index (χ3n) is 5.83. The van der Waals surface area contributed by atoms with Crippen LogP contribution in [-0.4, -0.2) is 68.7 Å². The van der Waals surface area contributed by atoms with Crippen LogP contribution in [0.2, 0.25) is 0 Å². The number of aromatic nitrogens is 4. The second-order valence-corrected chi connectivity index (χ2v) is 9.32. The van der Waals surface area contributed by atoms with Gasteiger partial charge in [0.1, 0.15) is 19.5 Å². The Balaban J connectivity index is 1.37. The molecule has 0 spiro atoms. The van der Waals surface area contributed by atoms with Crippen LogP contribution < -0.4 is 10.1 Å². The van der Waals surface area contributed by atoms with Crippen molar-refractivity contribution in [3.05, 3.63) is 58.2 Å². The normalized spacial score (nSPS) is 16.4. The topological polar surface area (TPSA) is 93.1 Å². The molecule has 0 bridgehead atoms. The number of aryl methyl sites for hydroxylation is 1. The van der Waals surface area contributed by atoms with Crippen molar-refractivity contribution in [3.63, 3.8) is 0 Å². The fourth-order valence-electron chi connectivity index (χ4n) is 3.89. The van der Waals surface area contributed by atoms with Crippen LogP contribution in [0, 0.1) is 6.92 Å². The van der Waals surface area contributed by atoms with E-state index in [2.05, 4.69) is 24.6 Å². The standard InChI is InChI=1S/C23H23F5N6O2S/c1-13-21(18(37-33-13)6-15-10-30-19(11-29-15)23(26,27)28)22(35)32-14-2-3-20(31-9-14)36-17-4-5-34(12-17)16(7-24)8-25/h2-3,9-11,16-17H,4-8,12H2,1H3,(H,32,35). The van der Waals surface area contributed by atoms with Gasteiger partial charge < -0.3 is 10.1 Å². The number of pyridine rings is 1. The van der Waals surface area contributed by atoms with Crippen LogP contribution in [0.15, 0.2) is 30.7 Å². The molecule has 37 heavy (non-hydrogen) atoms. The minimum absolute atomic E-state index is 0.0918. The van der Waals surface area contributed by atoms with Crippen molar-refractivity contribution < 1.29 is 31.5 Å². The Labute approximate surface area is 213 Å². The number of likely N-dealkylation sites (tertiary alicyclic amines) is 1. The highest BCUT2D eigenvalue weighted by Crippen LogP contribution is 2.28. The molecule has 3 aromatic heterocycles. The molecule has 1 amide bonds. The molecule has 1 unspecified atom stereocenters. The smallest absolute Gasteiger partial charge is 0.434 e. The number of carbonyl (C=O) groups is 1. The van der Waals surface area contributed by atoms with E-state index in [-0.39, 0.29) is 18.2 Å². The number of halogens is 5. The lowest BCUT2D eigenvalue weighted by Gasteiger charge is -2.22. The van der Waals surface area contributed by atoms with Gasteiger partial charge in [-0.2, -0.15) is 17.5 Å². The van der Waals surface area contributed by atoms with Crippen molar-refractivity contribution in [2.75, 3.05) is 31.8 Å². The Morgan fingerprint density at radius 1 is 1.19 bits per heavy atom. The molecule has 1 N–H and O–H groups in total. The van der Waals surface area contributed by atoms with Crippen LogP contribution in [0.3, 0.4) is 0 Å². The largest absolute Gasteiger partial charge is 0.473 e. The van der Waals surface area contributed by atoms with E-state index in [0.717, 1.165) is 17.7 Å². The van der Waals surface area contributed by atoms with Crippen molar-refractivity contribution >= 4 is 23.1 Å². The number of nitrogens with one attached hydrogen (secondary N) is 1. The van der Waals surface area contributed by atoms with E-state index in [1.165, 1.54) is 6.20 Å². The highest BCUT2D eigenvalue weighted by Gasteiger charge is 2.33. The van der Waals surface area contributed by atoms with Crippen LogP contribution in [0.25, 0.3) is 0 Å². The van der Waals surface area contributed by atoms with Crippen LogP contribution >= 0.6 is 11.5 Å². The first kappa shape index (κ1) is 26.8. The Bertz CT molecular complexity index is 1200. The first-order chi connectivity index (χ1) is 17.7. The van der Waals surface area contributed by atoms with Gasteiger partial charge in [-0.05, 0) is 30.9 Å². The fraction of sp³-hybridized carbons (Fsp3) is 0.435. The maximum Gasteiger partial charge on any atom is 0.434 e. The maximum absolute atomic E-state index is 13.0. The zero-order chi connectivity index (χ0) is 26.6. The lowest BCUT2D eigenvalue weighted by atomic mass is 10.1. The quantitative estimate of drug-likeness (QED) is 0.404. The maximum atomic E-state index is 13.0. The molecule has 1 aliphatic rings. The number of anilines is 1. The van der Waals surface area contributed by atoms with Gasteiger partial charge >= 0.3 is 6.18 Å². The second kappa shape index (κ2) is 11.4. The Hall–Kier alpha value is -3.26. The van der Waals surface area contributed by atoms with E-state index in [9.17, 15) is 26.7 Å². The third kappa shape index (κ3) is 6.55. The average molecular weight is 543 g/mol. The minimum Gasteiger partial charge on any atom is -0.473 e. The van der Waals surface area contributed by atoms with Gasteiger partial charge in [-0.25, -0.2) is 18.7 Å². The predicted octanol–water partition coefficient (Wildman–Crippen LogP) is 4.26. The Morgan fingerprint density at radius 3 is 2.59 bits per heavy atom. The average Bonchev–Trinajstić information content (AvgIpc) is 3.47. The van der Waals surface area contributed by atoms with Gasteiger partial charge in [-0.15, -0.1) is 0 Å². The minimum atomic E-state index is -4.59. The van der Waals surface area contributed by atoms with Gasteiger partial charge in [-0.3, -0.25) is 14.7 Å². The third-order valence-corrected chi connectivity index (χ3v) is 6.76. The SMILES string of the molecule is Cc1nsc(Cc2cnc(C(F)(F)F)cn2)c1C(=O)Nc1ccc(OC2CCN(C(CF)CF)C2)nc1. The summed E-state index contributed by atoms with van der Waals surface area (Å²) < 4.78 is 74.0. The molecule has 1 atom stereocenters. The van der Waals surface area contributed by atoms with Crippen LogP contribution in [0.4, 0.5) is 27.6 Å². The summed E-state index contributed by atoms with van der Waals surface area (Å²) in [5.74, 6) is -0.136. The molecule has 0 aromatic carbocycles. The second-order valence-electron chi connectivity index (χ2n) is 8.46. The molecule has 8 nitrogen and oxygen atoms in total. The van der Waals surface area contributed by atoms with E-state index in [1.807, 2.05) is 0 Å². The number of ether oxygens (including phenoxy) is 1. The molecule has 3 aromatic rings. The first-order valence-electron chi connectivity index (χ1n) is 11.3. The highest BCUT2D eigenvalue weighted by atomic mass is 32.1.